The van der Waals surface area contributed by atoms with Crippen LogP contribution in [0, 0.1) is 0 Å². The average Bonchev–Trinajstić information content (AvgIpc) is 3.04. The topological polar surface area (TPSA) is 80.0 Å². The van der Waals surface area contributed by atoms with Gasteiger partial charge in [0.25, 0.3) is 0 Å². The Morgan fingerprint density at radius 1 is 1.45 bits per heavy atom. The quantitative estimate of drug-likeness (QED) is 0.855. The first kappa shape index (κ1) is 14.7. The molecule has 2 N–H and O–H groups in total. The lowest BCUT2D eigenvalue weighted by atomic mass is 10.3. The minimum absolute atomic E-state index is 0.00888. The minimum Gasteiger partial charge on any atom is -0.477 e. The third kappa shape index (κ3) is 3.23. The summed E-state index contributed by atoms with van der Waals surface area (Å²) in [5.74, 6) is 0.0261. The van der Waals surface area contributed by atoms with E-state index in [2.05, 4.69) is 33.7 Å². The van der Waals surface area contributed by atoms with Gasteiger partial charge in [-0.15, -0.1) is 11.3 Å². The summed E-state index contributed by atoms with van der Waals surface area (Å²) in [6.45, 7) is 6.80. The van der Waals surface area contributed by atoms with Gasteiger partial charge in [-0.1, -0.05) is 0 Å². The highest BCUT2D eigenvalue weighted by Gasteiger charge is 2.14. The number of hydrogen-bond donors (Lipinski definition) is 2. The van der Waals surface area contributed by atoms with Crippen LogP contribution in [-0.2, 0) is 6.54 Å². The van der Waals surface area contributed by atoms with Gasteiger partial charge >= 0.3 is 5.97 Å². The fraction of sp³-hybridized carbons (Fsp3) is 0.462. The zero-order valence-corrected chi connectivity index (χ0v) is 12.5. The van der Waals surface area contributed by atoms with Gasteiger partial charge in [0.1, 0.15) is 15.7 Å². The number of thiazole rings is 1. The Labute approximate surface area is 121 Å². The first-order valence-corrected chi connectivity index (χ1v) is 7.24. The predicted molar refractivity (Wildman–Crippen MR) is 76.9 cm³/mol. The molecule has 108 valence electrons. The molecule has 0 spiro atoms. The molecule has 0 aliphatic rings. The smallest absolute Gasteiger partial charge is 0.347 e. The van der Waals surface area contributed by atoms with Crippen molar-refractivity contribution in [3.05, 3.63) is 34.3 Å². The first-order valence-electron chi connectivity index (χ1n) is 6.43. The third-order valence-corrected chi connectivity index (χ3v) is 4.14. The Kier molecular flexibility index (Phi) is 4.51. The van der Waals surface area contributed by atoms with Crippen LogP contribution >= 0.6 is 11.3 Å². The molecule has 0 fully saturated rings. The molecule has 6 nitrogen and oxygen atoms in total. The van der Waals surface area contributed by atoms with Crippen LogP contribution in [0.2, 0.25) is 0 Å². The highest BCUT2D eigenvalue weighted by Crippen LogP contribution is 2.20. The molecule has 0 aromatic carbocycles. The molecule has 0 aliphatic heterocycles. The average molecular weight is 294 g/mol. The van der Waals surface area contributed by atoms with E-state index in [1.807, 2.05) is 13.1 Å². The zero-order valence-electron chi connectivity index (χ0n) is 11.7. The monoisotopic (exact) mass is 294 g/mol. The summed E-state index contributed by atoms with van der Waals surface area (Å²) in [6, 6.07) is 0.355. The second-order valence-corrected chi connectivity index (χ2v) is 5.88. The normalized spacial score (nSPS) is 12.8. The number of rotatable bonds is 6. The van der Waals surface area contributed by atoms with E-state index in [9.17, 15) is 4.79 Å². The molecule has 2 heterocycles. The fourth-order valence-electron chi connectivity index (χ4n) is 1.87. The SMILES string of the molecule is CC(NCc1nccn1C(C)C)c1ncc(C(=O)O)s1. The Morgan fingerprint density at radius 2 is 2.20 bits per heavy atom. The molecule has 2 aromatic heterocycles. The molecule has 1 unspecified atom stereocenters. The maximum Gasteiger partial charge on any atom is 0.347 e. The molecule has 0 bridgehead atoms. The van der Waals surface area contributed by atoms with Crippen LogP contribution in [0.3, 0.4) is 0 Å². The van der Waals surface area contributed by atoms with Gasteiger partial charge in [0.15, 0.2) is 0 Å². The van der Waals surface area contributed by atoms with Crippen molar-refractivity contribution in [2.24, 2.45) is 0 Å². The van der Waals surface area contributed by atoms with Crippen molar-refractivity contribution < 1.29 is 9.90 Å². The summed E-state index contributed by atoms with van der Waals surface area (Å²) in [5.41, 5.74) is 0. The highest BCUT2D eigenvalue weighted by molar-refractivity contribution is 7.13. The summed E-state index contributed by atoms with van der Waals surface area (Å²) >= 11 is 1.20. The maximum absolute atomic E-state index is 10.8. The molecular weight excluding hydrogens is 276 g/mol. The molecule has 20 heavy (non-hydrogen) atoms. The van der Waals surface area contributed by atoms with Crippen LogP contribution in [0.15, 0.2) is 18.6 Å². The van der Waals surface area contributed by atoms with E-state index in [4.69, 9.17) is 5.11 Å². The van der Waals surface area contributed by atoms with Gasteiger partial charge in [0.05, 0.1) is 18.8 Å². The summed E-state index contributed by atoms with van der Waals surface area (Å²) in [4.78, 5) is 19.6. The van der Waals surface area contributed by atoms with Crippen LogP contribution in [-0.4, -0.2) is 25.6 Å². The van der Waals surface area contributed by atoms with Gasteiger partial charge in [0, 0.05) is 18.4 Å². The maximum atomic E-state index is 10.8. The van der Waals surface area contributed by atoms with Gasteiger partial charge in [-0.3, -0.25) is 0 Å². The Morgan fingerprint density at radius 3 is 2.80 bits per heavy atom. The van der Waals surface area contributed by atoms with E-state index in [1.54, 1.807) is 6.20 Å². The predicted octanol–water partition coefficient (Wildman–Crippen LogP) is 2.47. The Hall–Kier alpha value is -1.73. The second kappa shape index (κ2) is 6.15. The molecule has 0 amide bonds. The Balaban J connectivity index is 1.99. The van der Waals surface area contributed by atoms with Gasteiger partial charge in [0.2, 0.25) is 0 Å². The van der Waals surface area contributed by atoms with Crippen LogP contribution in [0.1, 0.15) is 53.4 Å². The Bertz CT molecular complexity index is 591. The number of imidazole rings is 1. The summed E-state index contributed by atoms with van der Waals surface area (Å²) in [7, 11) is 0. The van der Waals surface area contributed by atoms with E-state index in [0.717, 1.165) is 10.8 Å². The number of hydrogen-bond acceptors (Lipinski definition) is 5. The van der Waals surface area contributed by atoms with Crippen LogP contribution < -0.4 is 5.32 Å². The fourth-order valence-corrected chi connectivity index (χ4v) is 2.65. The van der Waals surface area contributed by atoms with Crippen molar-refractivity contribution in [3.8, 4) is 0 Å². The number of aromatic nitrogens is 3. The molecule has 0 saturated carbocycles. The molecule has 7 heteroatoms. The van der Waals surface area contributed by atoms with Crippen molar-refractivity contribution >= 4 is 17.3 Å². The summed E-state index contributed by atoms with van der Waals surface area (Å²) < 4.78 is 2.10. The van der Waals surface area contributed by atoms with E-state index in [0.29, 0.717) is 12.6 Å². The lowest BCUT2D eigenvalue weighted by Gasteiger charge is -2.14. The van der Waals surface area contributed by atoms with Crippen molar-refractivity contribution in [1.29, 1.82) is 0 Å². The molecule has 0 saturated heterocycles. The van der Waals surface area contributed by atoms with Crippen molar-refractivity contribution in [2.45, 2.75) is 39.4 Å². The van der Waals surface area contributed by atoms with Crippen LogP contribution in [0.25, 0.3) is 0 Å². The second-order valence-electron chi connectivity index (χ2n) is 4.81. The number of carboxylic acids is 1. The number of aromatic carboxylic acids is 1. The lowest BCUT2D eigenvalue weighted by Crippen LogP contribution is -2.21. The largest absolute Gasteiger partial charge is 0.477 e. The van der Waals surface area contributed by atoms with Gasteiger partial charge in [-0.05, 0) is 20.8 Å². The highest BCUT2D eigenvalue weighted by atomic mass is 32.1. The summed E-state index contributed by atoms with van der Waals surface area (Å²) in [5, 5.41) is 13.0. The molecule has 1 atom stereocenters. The van der Waals surface area contributed by atoms with Gasteiger partial charge < -0.3 is 15.0 Å². The van der Waals surface area contributed by atoms with E-state index in [-0.39, 0.29) is 10.9 Å². The van der Waals surface area contributed by atoms with E-state index in [1.165, 1.54) is 17.5 Å². The number of carbonyl (C=O) groups is 1. The standard InChI is InChI=1S/C13H18N4O2S/c1-8(2)17-5-4-14-11(17)7-15-9(3)12-16-6-10(20-12)13(18)19/h4-6,8-9,15H,7H2,1-3H3,(H,18,19). The lowest BCUT2D eigenvalue weighted by molar-refractivity contribution is 0.0702. The number of nitrogens with zero attached hydrogens (tertiary/aromatic N) is 3. The van der Waals surface area contributed by atoms with Crippen LogP contribution in [0.5, 0.6) is 0 Å². The van der Waals surface area contributed by atoms with E-state index >= 15 is 0 Å². The number of nitrogens with one attached hydrogen (secondary N) is 1. The molecule has 0 radical (unpaired) electrons. The zero-order chi connectivity index (χ0) is 14.7. The van der Waals surface area contributed by atoms with Crippen molar-refractivity contribution in [2.75, 3.05) is 0 Å². The molecule has 2 aromatic rings. The van der Waals surface area contributed by atoms with Crippen LogP contribution in [0.4, 0.5) is 0 Å². The summed E-state index contributed by atoms with van der Waals surface area (Å²) in [6.07, 6.45) is 5.14. The van der Waals surface area contributed by atoms with Gasteiger partial charge in [-0.2, -0.15) is 0 Å². The number of carboxylic acid groups (broad SMARTS) is 1. The van der Waals surface area contributed by atoms with Crippen molar-refractivity contribution in [1.82, 2.24) is 19.9 Å². The molecular formula is C13H18N4O2S. The van der Waals surface area contributed by atoms with Crippen molar-refractivity contribution in [3.63, 3.8) is 0 Å². The first-order chi connectivity index (χ1) is 9.49. The molecule has 0 aliphatic carbocycles. The van der Waals surface area contributed by atoms with Gasteiger partial charge in [-0.25, -0.2) is 14.8 Å². The third-order valence-electron chi connectivity index (χ3n) is 2.98. The minimum atomic E-state index is -0.934. The molecule has 2 rings (SSSR count). The van der Waals surface area contributed by atoms with E-state index < -0.39 is 5.97 Å².